The van der Waals surface area contributed by atoms with Gasteiger partial charge in [0.1, 0.15) is 0 Å². The maximum atomic E-state index is 3.93. The molecule has 0 bridgehead atoms. The molecule has 4 heteroatoms. The van der Waals surface area contributed by atoms with Gasteiger partial charge in [-0.2, -0.15) is 25.3 Å². The van der Waals surface area contributed by atoms with Gasteiger partial charge in [-0.3, -0.25) is 0 Å². The summed E-state index contributed by atoms with van der Waals surface area (Å²) < 4.78 is 0. The van der Waals surface area contributed by atoms with E-state index < -0.39 is 0 Å². The van der Waals surface area contributed by atoms with Gasteiger partial charge in [-0.1, -0.05) is 33.7 Å². The van der Waals surface area contributed by atoms with Gasteiger partial charge in [0.2, 0.25) is 0 Å². The predicted molar refractivity (Wildman–Crippen MR) is 61.2 cm³/mol. The van der Waals surface area contributed by atoms with Crippen molar-refractivity contribution in [1.29, 1.82) is 0 Å². The first kappa shape index (κ1) is 10.9. The molecule has 0 aliphatic carbocycles. The summed E-state index contributed by atoms with van der Waals surface area (Å²) in [5.41, 5.74) is 0. The lowest BCUT2D eigenvalue weighted by molar-refractivity contribution is 1.81. The highest BCUT2D eigenvalue weighted by Gasteiger charge is 1.81. The van der Waals surface area contributed by atoms with Crippen molar-refractivity contribution in [3.8, 4) is 0 Å². The Bertz CT molecular complexity index is 94.3. The molecule has 0 aliphatic rings. The molecule has 10 heavy (non-hydrogen) atoms. The average molecular weight is 210 g/mol. The molecule has 0 rings (SSSR count). The highest BCUT2D eigenvalue weighted by atomic mass is 33.1. The standard InChI is InChI=1S/C6H10S4/c7-3-1-5-9-10-6-2-4-8/h1-4,7-8H,5-6H2. The van der Waals surface area contributed by atoms with Gasteiger partial charge in [-0.15, -0.1) is 0 Å². The molecule has 0 spiro atoms. The molecule has 0 heterocycles. The SMILES string of the molecule is SC=CCSSCC=CS. The van der Waals surface area contributed by atoms with Crippen LogP contribution in [0.3, 0.4) is 0 Å². The van der Waals surface area contributed by atoms with Crippen molar-refractivity contribution in [1.82, 2.24) is 0 Å². The summed E-state index contributed by atoms with van der Waals surface area (Å²) in [6.07, 6.45) is 4.04. The van der Waals surface area contributed by atoms with Gasteiger partial charge in [0.25, 0.3) is 0 Å². The van der Waals surface area contributed by atoms with Crippen LogP contribution in [0.25, 0.3) is 0 Å². The van der Waals surface area contributed by atoms with E-state index >= 15 is 0 Å². The van der Waals surface area contributed by atoms with Gasteiger partial charge in [-0.05, 0) is 10.8 Å². The summed E-state index contributed by atoms with van der Waals surface area (Å²) in [7, 11) is 3.63. The van der Waals surface area contributed by atoms with Crippen molar-refractivity contribution in [3.63, 3.8) is 0 Å². The molecule has 0 atom stereocenters. The van der Waals surface area contributed by atoms with E-state index in [1.54, 1.807) is 10.8 Å². The van der Waals surface area contributed by atoms with Crippen LogP contribution in [0.1, 0.15) is 0 Å². The number of hydrogen-bond donors (Lipinski definition) is 2. The summed E-state index contributed by atoms with van der Waals surface area (Å²) in [4.78, 5) is 0. The fourth-order valence-corrected chi connectivity index (χ4v) is 2.35. The minimum atomic E-state index is 1.02. The van der Waals surface area contributed by atoms with Crippen LogP contribution in [0.2, 0.25) is 0 Å². The summed E-state index contributed by atoms with van der Waals surface area (Å²) in [6, 6.07) is 0. The van der Waals surface area contributed by atoms with E-state index in [9.17, 15) is 0 Å². The zero-order valence-corrected chi connectivity index (χ0v) is 8.86. The van der Waals surface area contributed by atoms with Gasteiger partial charge in [0, 0.05) is 11.5 Å². The Labute approximate surface area is 81.1 Å². The van der Waals surface area contributed by atoms with Gasteiger partial charge in [0.15, 0.2) is 0 Å². The third-order valence-corrected chi connectivity index (χ3v) is 3.18. The first-order valence-corrected chi connectivity index (χ1v) is 6.26. The zero-order valence-electron chi connectivity index (χ0n) is 5.43. The lowest BCUT2D eigenvalue weighted by Crippen LogP contribution is -1.66. The zero-order chi connectivity index (χ0) is 7.66. The molecule has 0 aromatic carbocycles. The fourth-order valence-electron chi connectivity index (χ4n) is 0.261. The van der Waals surface area contributed by atoms with Crippen molar-refractivity contribution in [2.75, 3.05) is 11.5 Å². The second-order valence-corrected chi connectivity index (χ2v) is 4.49. The van der Waals surface area contributed by atoms with Crippen LogP contribution in [-0.2, 0) is 0 Å². The normalized spacial score (nSPS) is 11.8. The smallest absolute Gasteiger partial charge is 0.0225 e. The van der Waals surface area contributed by atoms with Crippen molar-refractivity contribution >= 4 is 46.8 Å². The molecule has 0 aliphatic heterocycles. The Morgan fingerprint density at radius 2 is 1.30 bits per heavy atom. The predicted octanol–water partition coefficient (Wildman–Crippen LogP) is 3.25. The van der Waals surface area contributed by atoms with Crippen LogP contribution >= 0.6 is 46.8 Å². The van der Waals surface area contributed by atoms with Gasteiger partial charge >= 0.3 is 0 Å². The lowest BCUT2D eigenvalue weighted by atomic mass is 10.8. The molecule has 0 amide bonds. The van der Waals surface area contributed by atoms with Crippen LogP contribution in [0, 0.1) is 0 Å². The highest BCUT2D eigenvalue weighted by Crippen LogP contribution is 2.20. The third kappa shape index (κ3) is 8.88. The average Bonchev–Trinajstić information content (AvgIpc) is 1.97. The monoisotopic (exact) mass is 210 g/mol. The largest absolute Gasteiger partial charge is 0.152 e. The molecule has 0 fully saturated rings. The van der Waals surface area contributed by atoms with Gasteiger partial charge < -0.3 is 0 Å². The lowest BCUT2D eigenvalue weighted by Gasteiger charge is -1.90. The van der Waals surface area contributed by atoms with E-state index in [0.717, 1.165) is 11.5 Å². The molecule has 0 N–H and O–H groups in total. The van der Waals surface area contributed by atoms with Crippen LogP contribution in [-0.4, -0.2) is 11.5 Å². The number of thiol groups is 2. The first-order valence-electron chi connectivity index (χ1n) is 2.74. The minimum absolute atomic E-state index is 1.02. The molecule has 0 radical (unpaired) electrons. The van der Waals surface area contributed by atoms with E-state index in [2.05, 4.69) is 25.3 Å². The Morgan fingerprint density at radius 3 is 1.60 bits per heavy atom. The number of rotatable bonds is 5. The molecular formula is C6H10S4. The number of hydrogen-bond acceptors (Lipinski definition) is 4. The summed E-state index contributed by atoms with van der Waals surface area (Å²) in [5, 5.41) is 3.53. The van der Waals surface area contributed by atoms with E-state index in [4.69, 9.17) is 0 Å². The Hall–Kier alpha value is 0.880. The Kier molecular flexibility index (Phi) is 10.7. The molecule has 0 aromatic heterocycles. The maximum Gasteiger partial charge on any atom is 0.0225 e. The van der Waals surface area contributed by atoms with Crippen molar-refractivity contribution in [2.45, 2.75) is 0 Å². The van der Waals surface area contributed by atoms with Gasteiger partial charge in [-0.25, -0.2) is 0 Å². The molecule has 0 aromatic rings. The molecule has 0 unspecified atom stereocenters. The van der Waals surface area contributed by atoms with Gasteiger partial charge in [0.05, 0.1) is 0 Å². The summed E-state index contributed by atoms with van der Waals surface area (Å²) in [6.45, 7) is 0. The molecule has 0 saturated carbocycles. The van der Waals surface area contributed by atoms with Crippen LogP contribution in [0.5, 0.6) is 0 Å². The van der Waals surface area contributed by atoms with Crippen molar-refractivity contribution < 1.29 is 0 Å². The second kappa shape index (κ2) is 9.88. The topological polar surface area (TPSA) is 0 Å². The van der Waals surface area contributed by atoms with E-state index in [1.807, 2.05) is 33.7 Å². The quantitative estimate of drug-likeness (QED) is 0.406. The van der Waals surface area contributed by atoms with Crippen molar-refractivity contribution in [3.05, 3.63) is 23.0 Å². The Morgan fingerprint density at radius 1 is 0.900 bits per heavy atom. The van der Waals surface area contributed by atoms with Crippen molar-refractivity contribution in [2.24, 2.45) is 0 Å². The third-order valence-electron chi connectivity index (χ3n) is 0.623. The fraction of sp³-hybridized carbons (Fsp3) is 0.333. The van der Waals surface area contributed by atoms with E-state index in [0.29, 0.717) is 0 Å². The first-order chi connectivity index (χ1) is 4.91. The Balaban J connectivity index is 2.90. The van der Waals surface area contributed by atoms with E-state index in [1.165, 1.54) is 0 Å². The molecule has 58 valence electrons. The van der Waals surface area contributed by atoms with Crippen LogP contribution < -0.4 is 0 Å². The highest BCUT2D eigenvalue weighted by molar-refractivity contribution is 8.76. The summed E-state index contributed by atoms with van der Waals surface area (Å²) in [5.74, 6) is 2.04. The second-order valence-electron chi connectivity index (χ2n) is 1.34. The molecule has 0 nitrogen and oxygen atoms in total. The van der Waals surface area contributed by atoms with Crippen LogP contribution in [0.15, 0.2) is 23.0 Å². The molecular weight excluding hydrogens is 200 g/mol. The van der Waals surface area contributed by atoms with E-state index in [-0.39, 0.29) is 0 Å². The molecule has 0 saturated heterocycles. The minimum Gasteiger partial charge on any atom is -0.152 e. The maximum absolute atomic E-state index is 3.93. The van der Waals surface area contributed by atoms with Crippen LogP contribution in [0.4, 0.5) is 0 Å². The summed E-state index contributed by atoms with van der Waals surface area (Å²) >= 11 is 7.87.